The average molecular weight is 742 g/mol. The number of para-hydroxylation sites is 2. The molecule has 2 aromatic heterocycles. The molecular weight excluding hydrogens is 707 g/mol. The molecule has 1 N–H and O–H groups in total. The van der Waals surface area contributed by atoms with Crippen LogP contribution in [-0.2, 0) is 0 Å². The summed E-state index contributed by atoms with van der Waals surface area (Å²) < 4.78 is 8.96. The van der Waals surface area contributed by atoms with Gasteiger partial charge in [0.15, 0.2) is 0 Å². The number of fused-ring (bicyclic) bond motifs is 10. The van der Waals surface area contributed by atoms with Crippen LogP contribution in [0.25, 0.3) is 87.8 Å². The second kappa shape index (κ2) is 12.9. The van der Waals surface area contributed by atoms with Crippen molar-refractivity contribution in [2.45, 2.75) is 6.17 Å². The highest BCUT2D eigenvalue weighted by Crippen LogP contribution is 2.41. The maximum atomic E-state index is 6.54. The maximum absolute atomic E-state index is 6.54. The molecule has 58 heavy (non-hydrogen) atoms. The van der Waals surface area contributed by atoms with E-state index >= 15 is 0 Å². The first-order valence-electron chi connectivity index (χ1n) is 19.8. The van der Waals surface area contributed by atoms with Crippen molar-refractivity contribution in [1.82, 2.24) is 9.88 Å². The number of hydrogen-bond acceptors (Lipinski definition) is 3. The van der Waals surface area contributed by atoms with Crippen LogP contribution >= 0.6 is 0 Å². The summed E-state index contributed by atoms with van der Waals surface area (Å²) in [4.78, 5) is 5.38. The SMILES string of the molecule is C1=C(c2cccc3c2oc2ccccc23)NC(c2ccc(-n3c4ccc5ccccc5c4c4c5ccccc5ccc43)cc2)N=C1c1ccc(-c2ccccc2)cc1. The Morgan fingerprint density at radius 3 is 1.76 bits per heavy atom. The molecule has 272 valence electrons. The summed E-state index contributed by atoms with van der Waals surface area (Å²) in [6, 6.07) is 69.3. The van der Waals surface area contributed by atoms with Crippen molar-refractivity contribution in [3.05, 3.63) is 217 Å². The minimum atomic E-state index is -0.330. The van der Waals surface area contributed by atoms with Gasteiger partial charge in [-0.3, -0.25) is 4.99 Å². The van der Waals surface area contributed by atoms with E-state index in [1.165, 1.54) is 54.5 Å². The molecule has 0 fully saturated rings. The lowest BCUT2D eigenvalue weighted by atomic mass is 9.98. The molecule has 0 aliphatic carbocycles. The van der Waals surface area contributed by atoms with Gasteiger partial charge < -0.3 is 14.3 Å². The fraction of sp³-hybridized carbons (Fsp3) is 0.0185. The zero-order valence-electron chi connectivity index (χ0n) is 31.4. The third-order valence-corrected chi connectivity index (χ3v) is 11.8. The predicted octanol–water partition coefficient (Wildman–Crippen LogP) is 13.8. The summed E-state index contributed by atoms with van der Waals surface area (Å²) in [5, 5.41) is 13.6. The van der Waals surface area contributed by atoms with Gasteiger partial charge in [0.1, 0.15) is 17.3 Å². The number of nitrogens with zero attached hydrogens (tertiary/aromatic N) is 2. The van der Waals surface area contributed by atoms with Crippen LogP contribution in [0, 0.1) is 0 Å². The lowest BCUT2D eigenvalue weighted by Crippen LogP contribution is -2.25. The minimum Gasteiger partial charge on any atom is -0.455 e. The Balaban J connectivity index is 0.993. The molecule has 1 unspecified atom stereocenters. The zero-order valence-corrected chi connectivity index (χ0v) is 31.4. The lowest BCUT2D eigenvalue weighted by Gasteiger charge is -2.25. The molecule has 9 aromatic carbocycles. The van der Waals surface area contributed by atoms with E-state index in [-0.39, 0.29) is 6.17 Å². The number of nitrogens with one attached hydrogen (secondary N) is 1. The van der Waals surface area contributed by atoms with Crippen LogP contribution in [0.4, 0.5) is 0 Å². The summed E-state index contributed by atoms with van der Waals surface area (Å²) in [5.74, 6) is 0. The van der Waals surface area contributed by atoms with Crippen molar-refractivity contribution in [3.8, 4) is 16.8 Å². The molecule has 0 saturated heterocycles. The maximum Gasteiger partial charge on any atom is 0.145 e. The highest BCUT2D eigenvalue weighted by molar-refractivity contribution is 6.28. The number of hydrogen-bond donors (Lipinski definition) is 1. The van der Waals surface area contributed by atoms with E-state index in [1.54, 1.807) is 0 Å². The fourth-order valence-electron chi connectivity index (χ4n) is 9.06. The van der Waals surface area contributed by atoms with Crippen LogP contribution in [0.15, 0.2) is 210 Å². The van der Waals surface area contributed by atoms with E-state index in [2.05, 4.69) is 198 Å². The monoisotopic (exact) mass is 741 g/mol. The first-order valence-corrected chi connectivity index (χ1v) is 19.8. The summed E-state index contributed by atoms with van der Waals surface area (Å²) in [6.07, 6.45) is 1.83. The molecule has 0 spiro atoms. The Labute approximate surface area is 334 Å². The molecular formula is C54H35N3O. The molecule has 11 aromatic rings. The number of benzene rings is 9. The lowest BCUT2D eigenvalue weighted by molar-refractivity contribution is 0.652. The highest BCUT2D eigenvalue weighted by Gasteiger charge is 2.23. The zero-order chi connectivity index (χ0) is 38.2. The molecule has 0 radical (unpaired) electrons. The number of aliphatic imine (C=N–C) groups is 1. The van der Waals surface area contributed by atoms with Gasteiger partial charge >= 0.3 is 0 Å². The first kappa shape index (κ1) is 32.5. The Morgan fingerprint density at radius 1 is 0.466 bits per heavy atom. The summed E-state index contributed by atoms with van der Waals surface area (Å²) in [5.41, 5.74) is 12.6. The third kappa shape index (κ3) is 5.12. The van der Waals surface area contributed by atoms with E-state index in [0.717, 1.165) is 55.7 Å². The largest absolute Gasteiger partial charge is 0.455 e. The standard InChI is InChI=1S/C54H35N3O/c1-2-11-34(12-3-1)35-21-23-38(24-22-35)46-33-47(45-19-10-18-44-43-17-8-9-20-50(43)58-53(44)45)56-54(55-46)39-25-29-40(30-26-39)57-48-31-27-36-13-4-6-15-41(36)51(48)52-42-16-7-5-14-37(42)28-32-49(52)57/h1-33,54,56H. The summed E-state index contributed by atoms with van der Waals surface area (Å²) in [6.45, 7) is 0. The summed E-state index contributed by atoms with van der Waals surface area (Å²) >= 11 is 0. The van der Waals surface area contributed by atoms with Crippen LogP contribution in [0.3, 0.4) is 0 Å². The van der Waals surface area contributed by atoms with Crippen LogP contribution in [0.5, 0.6) is 0 Å². The molecule has 0 bridgehead atoms. The van der Waals surface area contributed by atoms with Crippen molar-refractivity contribution in [3.63, 3.8) is 0 Å². The molecule has 0 saturated carbocycles. The van der Waals surface area contributed by atoms with Gasteiger partial charge in [0.25, 0.3) is 0 Å². The summed E-state index contributed by atoms with van der Waals surface area (Å²) in [7, 11) is 0. The van der Waals surface area contributed by atoms with Crippen LogP contribution in [-0.4, -0.2) is 10.3 Å². The van der Waals surface area contributed by atoms with Gasteiger partial charge in [-0.1, -0.05) is 158 Å². The van der Waals surface area contributed by atoms with Crippen molar-refractivity contribution in [1.29, 1.82) is 0 Å². The Kier molecular flexibility index (Phi) is 7.26. The quantitative estimate of drug-likeness (QED) is 0.191. The number of furan rings is 1. The Bertz CT molecular complexity index is 3370. The molecule has 4 heteroatoms. The van der Waals surface area contributed by atoms with Crippen molar-refractivity contribution in [2.75, 3.05) is 0 Å². The normalized spacial score (nSPS) is 14.4. The minimum absolute atomic E-state index is 0.330. The van der Waals surface area contributed by atoms with Crippen LogP contribution in [0.2, 0.25) is 0 Å². The second-order valence-corrected chi connectivity index (χ2v) is 15.1. The van der Waals surface area contributed by atoms with Gasteiger partial charge in [-0.05, 0) is 86.3 Å². The second-order valence-electron chi connectivity index (χ2n) is 15.1. The Hall–Kier alpha value is -7.69. The van der Waals surface area contributed by atoms with E-state index < -0.39 is 0 Å². The molecule has 1 atom stereocenters. The average Bonchev–Trinajstić information content (AvgIpc) is 3.86. The number of aromatic nitrogens is 1. The van der Waals surface area contributed by atoms with Gasteiger partial charge in [-0.25, -0.2) is 0 Å². The molecule has 1 aliphatic heterocycles. The molecule has 1 aliphatic rings. The van der Waals surface area contributed by atoms with Crippen molar-refractivity contribution in [2.24, 2.45) is 4.99 Å². The first-order chi connectivity index (χ1) is 28.7. The van der Waals surface area contributed by atoms with Gasteiger partial charge in [0, 0.05) is 38.5 Å². The van der Waals surface area contributed by atoms with Crippen molar-refractivity contribution < 1.29 is 4.42 Å². The van der Waals surface area contributed by atoms with Gasteiger partial charge in [-0.15, -0.1) is 0 Å². The van der Waals surface area contributed by atoms with E-state index in [0.29, 0.717) is 0 Å². The van der Waals surface area contributed by atoms with E-state index in [4.69, 9.17) is 9.41 Å². The predicted molar refractivity (Wildman–Crippen MR) is 242 cm³/mol. The van der Waals surface area contributed by atoms with Crippen LogP contribution in [0.1, 0.15) is 22.9 Å². The van der Waals surface area contributed by atoms with Gasteiger partial charge in [-0.2, -0.15) is 0 Å². The molecule has 4 nitrogen and oxygen atoms in total. The topological polar surface area (TPSA) is 42.5 Å². The Morgan fingerprint density at radius 2 is 1.05 bits per heavy atom. The molecule has 3 heterocycles. The van der Waals surface area contributed by atoms with Crippen LogP contribution < -0.4 is 5.32 Å². The smallest absolute Gasteiger partial charge is 0.145 e. The van der Waals surface area contributed by atoms with Gasteiger partial charge in [0.05, 0.1) is 16.7 Å². The van der Waals surface area contributed by atoms with Gasteiger partial charge in [0.2, 0.25) is 0 Å². The highest BCUT2D eigenvalue weighted by atomic mass is 16.3. The number of rotatable bonds is 5. The van der Waals surface area contributed by atoms with E-state index in [9.17, 15) is 0 Å². The van der Waals surface area contributed by atoms with Crippen molar-refractivity contribution >= 4 is 76.7 Å². The third-order valence-electron chi connectivity index (χ3n) is 11.8. The molecule has 0 amide bonds. The fourth-order valence-corrected chi connectivity index (χ4v) is 9.06. The molecule has 12 rings (SSSR count). The number of allylic oxidation sites excluding steroid dienone is 1. The van der Waals surface area contributed by atoms with E-state index in [1.807, 2.05) is 12.1 Å².